The summed E-state index contributed by atoms with van der Waals surface area (Å²) in [6, 6.07) is 10.5. The maximum atomic E-state index is 12.7. The molecule has 10 heteroatoms. The Kier molecular flexibility index (Phi) is 5.61. The second kappa shape index (κ2) is 7.95. The molecule has 2 N–H and O–H groups in total. The molecule has 0 radical (unpaired) electrons. The van der Waals surface area contributed by atoms with Gasteiger partial charge in [-0.3, -0.25) is 14.9 Å². The fraction of sp³-hybridized carbons (Fsp3) is 0.278. The maximum Gasteiger partial charge on any atom is 0.294 e. The number of hydrogen-bond acceptors (Lipinski definition) is 6. The van der Waals surface area contributed by atoms with Crippen molar-refractivity contribution in [3.63, 3.8) is 0 Å². The highest BCUT2D eigenvalue weighted by molar-refractivity contribution is 7.89. The number of carbonyl (C=O) groups excluding carboxylic acids is 1. The van der Waals surface area contributed by atoms with Crippen molar-refractivity contribution in [3.8, 4) is 0 Å². The van der Waals surface area contributed by atoms with Crippen LogP contribution in [0.5, 0.6) is 0 Å². The quantitative estimate of drug-likeness (QED) is 0.564. The Labute approximate surface area is 162 Å². The van der Waals surface area contributed by atoms with E-state index >= 15 is 0 Å². The van der Waals surface area contributed by atoms with E-state index < -0.39 is 14.9 Å². The van der Waals surface area contributed by atoms with E-state index in [1.54, 1.807) is 24.3 Å². The standard InChI is InChI=1S/C18H20N4O5S/c1-13(23)19-14-4-6-15(7-5-14)20-17-9-8-16(12-18(17)22(24)25)28(26,27)21-10-2-3-11-21/h4-9,12,20H,2-3,10-11H2,1H3,(H,19,23). The molecule has 148 valence electrons. The summed E-state index contributed by atoms with van der Waals surface area (Å²) in [7, 11) is -3.74. The number of anilines is 3. The lowest BCUT2D eigenvalue weighted by Gasteiger charge is -2.16. The Morgan fingerprint density at radius 3 is 2.25 bits per heavy atom. The van der Waals surface area contributed by atoms with Gasteiger partial charge in [0.05, 0.1) is 9.82 Å². The van der Waals surface area contributed by atoms with Crippen LogP contribution in [0.2, 0.25) is 0 Å². The third-order valence-electron chi connectivity index (χ3n) is 4.35. The molecular formula is C18H20N4O5S. The van der Waals surface area contributed by atoms with Gasteiger partial charge in [0.2, 0.25) is 15.9 Å². The second-order valence-electron chi connectivity index (χ2n) is 6.43. The SMILES string of the molecule is CC(=O)Nc1ccc(Nc2ccc(S(=O)(=O)N3CCCC3)cc2[N+](=O)[O-])cc1. The first-order valence-corrected chi connectivity index (χ1v) is 10.1. The zero-order chi connectivity index (χ0) is 20.3. The lowest BCUT2D eigenvalue weighted by molar-refractivity contribution is -0.384. The monoisotopic (exact) mass is 404 g/mol. The molecule has 0 saturated carbocycles. The molecule has 1 saturated heterocycles. The zero-order valence-corrected chi connectivity index (χ0v) is 16.0. The summed E-state index contributed by atoms with van der Waals surface area (Å²) in [4.78, 5) is 21.9. The van der Waals surface area contributed by atoms with Crippen LogP contribution in [-0.4, -0.2) is 36.6 Å². The summed E-state index contributed by atoms with van der Waals surface area (Å²) >= 11 is 0. The number of nitro groups is 1. The summed E-state index contributed by atoms with van der Waals surface area (Å²) in [5.74, 6) is -0.203. The molecule has 1 heterocycles. The van der Waals surface area contributed by atoms with Crippen molar-refractivity contribution >= 4 is 38.7 Å². The van der Waals surface area contributed by atoms with Gasteiger partial charge < -0.3 is 10.6 Å². The summed E-state index contributed by atoms with van der Waals surface area (Å²) in [5.41, 5.74) is 1.01. The zero-order valence-electron chi connectivity index (χ0n) is 15.2. The molecule has 2 aromatic carbocycles. The first-order chi connectivity index (χ1) is 13.3. The average Bonchev–Trinajstić information content (AvgIpc) is 3.18. The molecule has 0 unspecified atom stereocenters. The van der Waals surface area contributed by atoms with E-state index in [0.29, 0.717) is 24.5 Å². The van der Waals surface area contributed by atoms with E-state index in [9.17, 15) is 23.3 Å². The van der Waals surface area contributed by atoms with Crippen molar-refractivity contribution in [2.75, 3.05) is 23.7 Å². The molecule has 0 atom stereocenters. The Bertz CT molecular complexity index is 999. The normalized spacial score (nSPS) is 14.6. The molecular weight excluding hydrogens is 384 g/mol. The van der Waals surface area contributed by atoms with Crippen molar-refractivity contribution in [1.82, 2.24) is 4.31 Å². The largest absolute Gasteiger partial charge is 0.350 e. The minimum absolute atomic E-state index is 0.0901. The molecule has 2 aromatic rings. The minimum Gasteiger partial charge on any atom is -0.350 e. The summed E-state index contributed by atoms with van der Waals surface area (Å²) in [6.07, 6.45) is 1.57. The summed E-state index contributed by atoms with van der Waals surface area (Å²) in [6.45, 7) is 2.25. The fourth-order valence-corrected chi connectivity index (χ4v) is 4.54. The van der Waals surface area contributed by atoms with Crippen molar-refractivity contribution in [2.45, 2.75) is 24.7 Å². The average molecular weight is 404 g/mol. The number of benzene rings is 2. The van der Waals surface area contributed by atoms with Crippen molar-refractivity contribution in [1.29, 1.82) is 0 Å². The van der Waals surface area contributed by atoms with E-state index in [2.05, 4.69) is 10.6 Å². The van der Waals surface area contributed by atoms with Crippen LogP contribution < -0.4 is 10.6 Å². The molecule has 9 nitrogen and oxygen atoms in total. The number of nitro benzene ring substituents is 1. The lowest BCUT2D eigenvalue weighted by atomic mass is 10.2. The topological polar surface area (TPSA) is 122 Å². The van der Waals surface area contributed by atoms with Crippen LogP contribution in [0.25, 0.3) is 0 Å². The minimum atomic E-state index is -3.74. The molecule has 1 fully saturated rings. The van der Waals surface area contributed by atoms with Crippen molar-refractivity contribution in [2.24, 2.45) is 0 Å². The third kappa shape index (κ3) is 4.29. The van der Waals surface area contributed by atoms with Gasteiger partial charge in [0.25, 0.3) is 5.69 Å². The van der Waals surface area contributed by atoms with E-state index in [0.717, 1.165) is 18.9 Å². The molecule has 0 spiro atoms. The highest BCUT2D eigenvalue weighted by atomic mass is 32.2. The van der Waals surface area contributed by atoms with Gasteiger partial charge in [0.15, 0.2) is 0 Å². The van der Waals surface area contributed by atoms with Gasteiger partial charge in [-0.25, -0.2) is 8.42 Å². The Hall–Kier alpha value is -2.98. The summed E-state index contributed by atoms with van der Waals surface area (Å²) in [5, 5.41) is 17.0. The number of hydrogen-bond donors (Lipinski definition) is 2. The maximum absolute atomic E-state index is 12.7. The molecule has 3 rings (SSSR count). The van der Waals surface area contributed by atoms with Gasteiger partial charge in [-0.1, -0.05) is 0 Å². The Morgan fingerprint density at radius 1 is 1.07 bits per heavy atom. The Balaban J connectivity index is 1.87. The van der Waals surface area contributed by atoms with Gasteiger partial charge >= 0.3 is 0 Å². The van der Waals surface area contributed by atoms with Gasteiger partial charge in [-0.15, -0.1) is 0 Å². The van der Waals surface area contributed by atoms with E-state index in [-0.39, 0.29) is 22.2 Å². The summed E-state index contributed by atoms with van der Waals surface area (Å²) < 4.78 is 26.7. The van der Waals surface area contributed by atoms with Crippen LogP contribution in [0.1, 0.15) is 19.8 Å². The van der Waals surface area contributed by atoms with Crippen LogP contribution in [-0.2, 0) is 14.8 Å². The van der Waals surface area contributed by atoms with Crippen LogP contribution in [0.4, 0.5) is 22.7 Å². The predicted octanol–water partition coefficient (Wildman–Crippen LogP) is 3.08. The number of carbonyl (C=O) groups is 1. The molecule has 0 aliphatic carbocycles. The molecule has 0 aromatic heterocycles. The molecule has 0 bridgehead atoms. The van der Waals surface area contributed by atoms with Crippen LogP contribution in [0.15, 0.2) is 47.4 Å². The molecule has 28 heavy (non-hydrogen) atoms. The van der Waals surface area contributed by atoms with Crippen LogP contribution >= 0.6 is 0 Å². The predicted molar refractivity (Wildman–Crippen MR) is 105 cm³/mol. The highest BCUT2D eigenvalue weighted by Gasteiger charge is 2.29. The Morgan fingerprint density at radius 2 is 1.68 bits per heavy atom. The van der Waals surface area contributed by atoms with Crippen molar-refractivity contribution in [3.05, 3.63) is 52.6 Å². The van der Waals surface area contributed by atoms with E-state index in [4.69, 9.17) is 0 Å². The molecule has 1 aliphatic heterocycles. The highest BCUT2D eigenvalue weighted by Crippen LogP contribution is 2.32. The second-order valence-corrected chi connectivity index (χ2v) is 8.37. The van der Waals surface area contributed by atoms with Crippen LogP contribution in [0, 0.1) is 10.1 Å². The molecule has 1 aliphatic rings. The number of amides is 1. The van der Waals surface area contributed by atoms with Gasteiger partial charge in [0, 0.05) is 37.5 Å². The number of sulfonamides is 1. The van der Waals surface area contributed by atoms with Crippen LogP contribution in [0.3, 0.4) is 0 Å². The fourth-order valence-electron chi connectivity index (χ4n) is 3.00. The van der Waals surface area contributed by atoms with Gasteiger partial charge in [0.1, 0.15) is 5.69 Å². The lowest BCUT2D eigenvalue weighted by Crippen LogP contribution is -2.27. The van der Waals surface area contributed by atoms with Gasteiger partial charge in [-0.05, 0) is 49.2 Å². The van der Waals surface area contributed by atoms with E-state index in [1.165, 1.54) is 23.4 Å². The number of nitrogens with zero attached hydrogens (tertiary/aromatic N) is 2. The van der Waals surface area contributed by atoms with E-state index in [1.807, 2.05) is 0 Å². The molecule has 1 amide bonds. The van der Waals surface area contributed by atoms with Crippen molar-refractivity contribution < 1.29 is 18.1 Å². The number of nitrogens with one attached hydrogen (secondary N) is 2. The smallest absolute Gasteiger partial charge is 0.294 e. The first kappa shape index (κ1) is 19.8. The van der Waals surface area contributed by atoms with Gasteiger partial charge in [-0.2, -0.15) is 4.31 Å². The number of rotatable bonds is 6. The first-order valence-electron chi connectivity index (χ1n) is 8.70. The third-order valence-corrected chi connectivity index (χ3v) is 6.25.